The van der Waals surface area contributed by atoms with E-state index in [-0.39, 0.29) is 18.5 Å². The minimum Gasteiger partial charge on any atom is -0.378 e. The number of hydrogen-bond acceptors (Lipinski definition) is 3. The lowest BCUT2D eigenvalue weighted by molar-refractivity contribution is 0.0911. The third-order valence-corrected chi connectivity index (χ3v) is 4.03. The molecular weight excluding hydrogens is 318 g/mol. The minimum absolute atomic E-state index is 0.0122. The SMILES string of the molecule is CC(C)OCCS(=O)(=O)NCc1ccc(Br)cc1. The summed E-state index contributed by atoms with van der Waals surface area (Å²) in [4.78, 5) is 0. The first-order valence-electron chi connectivity index (χ1n) is 5.72. The van der Waals surface area contributed by atoms with Crippen LogP contribution in [0.15, 0.2) is 28.7 Å². The van der Waals surface area contributed by atoms with Crippen molar-refractivity contribution in [3.63, 3.8) is 0 Å². The lowest BCUT2D eigenvalue weighted by atomic mass is 10.2. The van der Waals surface area contributed by atoms with Gasteiger partial charge in [-0.05, 0) is 31.5 Å². The summed E-state index contributed by atoms with van der Waals surface area (Å²) in [5.41, 5.74) is 0.923. The first-order chi connectivity index (χ1) is 8.39. The average molecular weight is 336 g/mol. The third kappa shape index (κ3) is 6.49. The van der Waals surface area contributed by atoms with Gasteiger partial charge in [-0.1, -0.05) is 28.1 Å². The molecule has 18 heavy (non-hydrogen) atoms. The van der Waals surface area contributed by atoms with Gasteiger partial charge in [0.2, 0.25) is 10.0 Å². The Balaban J connectivity index is 2.39. The highest BCUT2D eigenvalue weighted by atomic mass is 79.9. The van der Waals surface area contributed by atoms with E-state index in [2.05, 4.69) is 20.7 Å². The van der Waals surface area contributed by atoms with Crippen molar-refractivity contribution in [1.29, 1.82) is 0 Å². The van der Waals surface area contributed by atoms with Crippen LogP contribution in [0.1, 0.15) is 19.4 Å². The van der Waals surface area contributed by atoms with Crippen molar-refractivity contribution >= 4 is 26.0 Å². The predicted octanol–water partition coefficient (Wildman–Crippen LogP) is 2.29. The fourth-order valence-corrected chi connectivity index (χ4v) is 2.37. The van der Waals surface area contributed by atoms with Crippen molar-refractivity contribution in [1.82, 2.24) is 4.72 Å². The van der Waals surface area contributed by atoms with Gasteiger partial charge in [-0.3, -0.25) is 0 Å². The zero-order chi connectivity index (χ0) is 13.6. The smallest absolute Gasteiger partial charge is 0.214 e. The van der Waals surface area contributed by atoms with Crippen LogP contribution in [0.5, 0.6) is 0 Å². The van der Waals surface area contributed by atoms with Gasteiger partial charge in [0.15, 0.2) is 0 Å². The Hall–Kier alpha value is -0.430. The molecule has 0 heterocycles. The summed E-state index contributed by atoms with van der Waals surface area (Å²) in [5.74, 6) is -0.0122. The van der Waals surface area contributed by atoms with Gasteiger partial charge in [0, 0.05) is 11.0 Å². The molecule has 0 saturated carbocycles. The number of benzene rings is 1. The molecule has 0 aromatic heterocycles. The summed E-state index contributed by atoms with van der Waals surface area (Å²) in [6, 6.07) is 7.51. The predicted molar refractivity (Wildman–Crippen MR) is 75.9 cm³/mol. The Morgan fingerprint density at radius 1 is 1.28 bits per heavy atom. The highest BCUT2D eigenvalue weighted by molar-refractivity contribution is 9.10. The molecule has 0 saturated heterocycles. The van der Waals surface area contributed by atoms with Crippen LogP contribution in [0.4, 0.5) is 0 Å². The van der Waals surface area contributed by atoms with Gasteiger partial charge in [-0.25, -0.2) is 13.1 Å². The Bertz CT molecular complexity index is 457. The largest absolute Gasteiger partial charge is 0.378 e. The maximum Gasteiger partial charge on any atom is 0.214 e. The van der Waals surface area contributed by atoms with Crippen LogP contribution in [0, 0.1) is 0 Å². The van der Waals surface area contributed by atoms with E-state index >= 15 is 0 Å². The van der Waals surface area contributed by atoms with Crippen molar-refractivity contribution in [2.24, 2.45) is 0 Å². The van der Waals surface area contributed by atoms with E-state index in [0.29, 0.717) is 6.54 Å². The molecule has 0 radical (unpaired) electrons. The summed E-state index contributed by atoms with van der Waals surface area (Å²) in [6.07, 6.45) is 0.0478. The lowest BCUT2D eigenvalue weighted by Gasteiger charge is -2.09. The maximum absolute atomic E-state index is 11.7. The van der Waals surface area contributed by atoms with Crippen LogP contribution in [-0.4, -0.2) is 26.9 Å². The van der Waals surface area contributed by atoms with E-state index in [9.17, 15) is 8.42 Å². The second-order valence-corrected chi connectivity index (χ2v) is 7.03. The molecule has 1 aromatic carbocycles. The first-order valence-corrected chi connectivity index (χ1v) is 8.17. The molecule has 0 amide bonds. The van der Waals surface area contributed by atoms with Crippen LogP contribution in [0.3, 0.4) is 0 Å². The Morgan fingerprint density at radius 3 is 2.44 bits per heavy atom. The first kappa shape index (κ1) is 15.6. The topological polar surface area (TPSA) is 55.4 Å². The fraction of sp³-hybridized carbons (Fsp3) is 0.500. The van der Waals surface area contributed by atoms with Gasteiger partial charge in [-0.15, -0.1) is 0 Å². The van der Waals surface area contributed by atoms with E-state index in [1.54, 1.807) is 0 Å². The number of rotatable bonds is 7. The number of sulfonamides is 1. The Morgan fingerprint density at radius 2 is 1.89 bits per heavy atom. The zero-order valence-corrected chi connectivity index (χ0v) is 12.9. The van der Waals surface area contributed by atoms with E-state index in [4.69, 9.17) is 4.74 Å². The molecule has 6 heteroatoms. The summed E-state index contributed by atoms with van der Waals surface area (Å²) in [5, 5.41) is 0. The van der Waals surface area contributed by atoms with Gasteiger partial charge in [-0.2, -0.15) is 0 Å². The molecule has 0 spiro atoms. The molecular formula is C12H18BrNO3S. The molecule has 0 bridgehead atoms. The van der Waals surface area contributed by atoms with Crippen LogP contribution in [0.2, 0.25) is 0 Å². The summed E-state index contributed by atoms with van der Waals surface area (Å²) >= 11 is 3.33. The minimum atomic E-state index is -3.27. The average Bonchev–Trinajstić information content (AvgIpc) is 2.27. The molecule has 1 aromatic rings. The highest BCUT2D eigenvalue weighted by Gasteiger charge is 2.10. The number of ether oxygens (including phenoxy) is 1. The van der Waals surface area contributed by atoms with Crippen molar-refractivity contribution in [3.05, 3.63) is 34.3 Å². The molecule has 102 valence electrons. The van der Waals surface area contributed by atoms with Gasteiger partial charge in [0.25, 0.3) is 0 Å². The van der Waals surface area contributed by atoms with E-state index in [1.807, 2.05) is 38.1 Å². The molecule has 0 unspecified atom stereocenters. The Kier molecular flexibility index (Phi) is 6.28. The molecule has 0 aliphatic carbocycles. The molecule has 0 atom stereocenters. The van der Waals surface area contributed by atoms with E-state index in [0.717, 1.165) is 10.0 Å². The molecule has 1 rings (SSSR count). The van der Waals surface area contributed by atoms with Crippen LogP contribution < -0.4 is 4.72 Å². The van der Waals surface area contributed by atoms with Crippen molar-refractivity contribution in [2.75, 3.05) is 12.4 Å². The quantitative estimate of drug-likeness (QED) is 0.831. The Labute approximate surface area is 117 Å². The summed E-state index contributed by atoms with van der Waals surface area (Å²) in [7, 11) is -3.27. The highest BCUT2D eigenvalue weighted by Crippen LogP contribution is 2.10. The second kappa shape index (κ2) is 7.23. The fourth-order valence-electron chi connectivity index (χ4n) is 1.26. The van der Waals surface area contributed by atoms with Crippen LogP contribution in [-0.2, 0) is 21.3 Å². The van der Waals surface area contributed by atoms with Crippen molar-refractivity contribution in [2.45, 2.75) is 26.5 Å². The molecule has 0 aliphatic heterocycles. The number of halogens is 1. The lowest BCUT2D eigenvalue weighted by Crippen LogP contribution is -2.28. The van der Waals surface area contributed by atoms with Crippen LogP contribution in [0.25, 0.3) is 0 Å². The molecule has 4 nitrogen and oxygen atoms in total. The second-order valence-electron chi connectivity index (χ2n) is 4.19. The van der Waals surface area contributed by atoms with E-state index < -0.39 is 10.0 Å². The van der Waals surface area contributed by atoms with E-state index in [1.165, 1.54) is 0 Å². The number of hydrogen-bond donors (Lipinski definition) is 1. The zero-order valence-electron chi connectivity index (χ0n) is 10.5. The van der Waals surface area contributed by atoms with Gasteiger partial charge in [0.05, 0.1) is 18.5 Å². The monoisotopic (exact) mass is 335 g/mol. The normalized spacial score (nSPS) is 12.0. The van der Waals surface area contributed by atoms with Crippen molar-refractivity contribution < 1.29 is 13.2 Å². The van der Waals surface area contributed by atoms with Gasteiger partial charge in [0.1, 0.15) is 0 Å². The maximum atomic E-state index is 11.7. The van der Waals surface area contributed by atoms with Crippen LogP contribution >= 0.6 is 15.9 Å². The van der Waals surface area contributed by atoms with Gasteiger partial charge >= 0.3 is 0 Å². The van der Waals surface area contributed by atoms with Gasteiger partial charge < -0.3 is 4.74 Å². The molecule has 0 aliphatic rings. The third-order valence-electron chi connectivity index (χ3n) is 2.21. The summed E-state index contributed by atoms with van der Waals surface area (Å²) in [6.45, 7) is 4.27. The van der Waals surface area contributed by atoms with Crippen molar-refractivity contribution in [3.8, 4) is 0 Å². The standard InChI is InChI=1S/C12H18BrNO3S/c1-10(2)17-7-8-18(15,16)14-9-11-3-5-12(13)6-4-11/h3-6,10,14H,7-9H2,1-2H3. The molecule has 0 fully saturated rings. The number of nitrogens with one attached hydrogen (secondary N) is 1. The molecule has 1 N–H and O–H groups in total. The summed E-state index contributed by atoms with van der Waals surface area (Å²) < 4.78 is 32.0.